The number of halogens is 2. The van der Waals surface area contributed by atoms with Gasteiger partial charge in [-0.05, 0) is 24.3 Å². The third-order valence-electron chi connectivity index (χ3n) is 2.49. The van der Waals surface area contributed by atoms with Gasteiger partial charge in [-0.1, -0.05) is 17.7 Å². The van der Waals surface area contributed by atoms with Gasteiger partial charge in [0, 0.05) is 30.2 Å². The number of anilines is 1. The average Bonchev–Trinajstić information content (AvgIpc) is 2.41. The van der Waals surface area contributed by atoms with Crippen LogP contribution in [-0.4, -0.2) is 16.6 Å². The van der Waals surface area contributed by atoms with E-state index in [2.05, 4.69) is 10.3 Å². The maximum atomic E-state index is 12.9. The lowest BCUT2D eigenvalue weighted by molar-refractivity contribution is 0.191. The lowest BCUT2D eigenvalue weighted by Crippen LogP contribution is -2.12. The van der Waals surface area contributed by atoms with Crippen LogP contribution < -0.4 is 5.32 Å². The van der Waals surface area contributed by atoms with E-state index < -0.39 is 11.9 Å². The molecule has 2 rings (SSSR count). The van der Waals surface area contributed by atoms with Crippen LogP contribution >= 0.6 is 11.6 Å². The van der Waals surface area contributed by atoms with Crippen LogP contribution in [-0.2, 0) is 0 Å². The molecule has 2 aromatic rings. The molecule has 2 N–H and O–H groups in total. The van der Waals surface area contributed by atoms with Crippen LogP contribution in [0.3, 0.4) is 0 Å². The molecule has 94 valence electrons. The molecule has 3 nitrogen and oxygen atoms in total. The summed E-state index contributed by atoms with van der Waals surface area (Å²) in [7, 11) is 0. The summed E-state index contributed by atoms with van der Waals surface area (Å²) in [4.78, 5) is 3.93. The first-order valence-electron chi connectivity index (χ1n) is 5.44. The summed E-state index contributed by atoms with van der Waals surface area (Å²) in [6.07, 6.45) is 2.57. The Morgan fingerprint density at radius 3 is 2.89 bits per heavy atom. The van der Waals surface area contributed by atoms with Gasteiger partial charge in [-0.3, -0.25) is 4.98 Å². The smallest absolute Gasteiger partial charge is 0.141 e. The second kappa shape index (κ2) is 5.80. The molecule has 5 heteroatoms. The minimum atomic E-state index is -0.678. The van der Waals surface area contributed by atoms with Crippen LogP contribution in [0.25, 0.3) is 0 Å². The van der Waals surface area contributed by atoms with Crippen molar-refractivity contribution in [1.29, 1.82) is 0 Å². The molecule has 1 unspecified atom stereocenters. The maximum Gasteiger partial charge on any atom is 0.141 e. The summed E-state index contributed by atoms with van der Waals surface area (Å²) in [5.74, 6) is -0.463. The first-order chi connectivity index (χ1) is 8.66. The molecule has 0 bridgehead atoms. The molecule has 1 aromatic carbocycles. The van der Waals surface area contributed by atoms with Gasteiger partial charge in [0.15, 0.2) is 0 Å². The van der Waals surface area contributed by atoms with Crippen LogP contribution in [0.4, 0.5) is 10.1 Å². The molecule has 0 aliphatic heterocycles. The van der Waals surface area contributed by atoms with Crippen LogP contribution in [0.1, 0.15) is 11.7 Å². The SMILES string of the molecule is OC(CNc1ccc(F)c(Cl)c1)c1cccnc1. The van der Waals surface area contributed by atoms with Crippen molar-refractivity contribution in [2.24, 2.45) is 0 Å². The molecule has 0 aliphatic rings. The molecule has 1 aromatic heterocycles. The number of nitrogens with zero attached hydrogens (tertiary/aromatic N) is 1. The van der Waals surface area contributed by atoms with E-state index >= 15 is 0 Å². The summed E-state index contributed by atoms with van der Waals surface area (Å²) < 4.78 is 12.9. The number of aliphatic hydroxyl groups is 1. The van der Waals surface area contributed by atoms with E-state index in [0.29, 0.717) is 12.2 Å². The van der Waals surface area contributed by atoms with Crippen LogP contribution in [0.2, 0.25) is 5.02 Å². The van der Waals surface area contributed by atoms with Crippen molar-refractivity contribution < 1.29 is 9.50 Å². The molecule has 0 saturated heterocycles. The van der Waals surface area contributed by atoms with E-state index in [1.165, 1.54) is 12.1 Å². The number of aromatic nitrogens is 1. The fourth-order valence-corrected chi connectivity index (χ4v) is 1.69. The number of hydrogen-bond acceptors (Lipinski definition) is 3. The summed E-state index contributed by atoms with van der Waals surface area (Å²) in [5.41, 5.74) is 1.38. The molecular weight excluding hydrogens is 255 g/mol. The van der Waals surface area contributed by atoms with Gasteiger partial charge >= 0.3 is 0 Å². The van der Waals surface area contributed by atoms with Crippen molar-refractivity contribution in [3.05, 3.63) is 59.1 Å². The zero-order valence-electron chi connectivity index (χ0n) is 9.48. The number of pyridine rings is 1. The normalized spacial score (nSPS) is 12.2. The summed E-state index contributed by atoms with van der Waals surface area (Å²) in [6.45, 7) is 0.299. The number of rotatable bonds is 4. The van der Waals surface area contributed by atoms with Crippen molar-refractivity contribution in [2.75, 3.05) is 11.9 Å². The zero-order valence-corrected chi connectivity index (χ0v) is 10.2. The highest BCUT2D eigenvalue weighted by Crippen LogP contribution is 2.20. The van der Waals surface area contributed by atoms with Gasteiger partial charge in [-0.25, -0.2) is 4.39 Å². The highest BCUT2D eigenvalue weighted by Gasteiger charge is 2.07. The third kappa shape index (κ3) is 3.18. The van der Waals surface area contributed by atoms with E-state index in [-0.39, 0.29) is 5.02 Å². The largest absolute Gasteiger partial charge is 0.387 e. The number of benzene rings is 1. The highest BCUT2D eigenvalue weighted by molar-refractivity contribution is 6.31. The highest BCUT2D eigenvalue weighted by atomic mass is 35.5. The van der Waals surface area contributed by atoms with Crippen molar-refractivity contribution in [3.63, 3.8) is 0 Å². The van der Waals surface area contributed by atoms with Gasteiger partial charge in [0.05, 0.1) is 11.1 Å². The van der Waals surface area contributed by atoms with E-state index in [4.69, 9.17) is 11.6 Å². The van der Waals surface area contributed by atoms with Gasteiger partial charge < -0.3 is 10.4 Å². The molecule has 0 fully saturated rings. The second-order valence-corrected chi connectivity index (χ2v) is 4.22. The first kappa shape index (κ1) is 12.8. The molecular formula is C13H12ClFN2O. The Morgan fingerprint density at radius 1 is 1.39 bits per heavy atom. The molecule has 0 spiro atoms. The first-order valence-corrected chi connectivity index (χ1v) is 5.81. The molecule has 1 atom stereocenters. The lowest BCUT2D eigenvalue weighted by Gasteiger charge is -2.13. The molecule has 0 amide bonds. The Labute approximate surface area is 109 Å². The van der Waals surface area contributed by atoms with Gasteiger partial charge in [0.1, 0.15) is 5.82 Å². The van der Waals surface area contributed by atoms with Gasteiger partial charge in [-0.15, -0.1) is 0 Å². The summed E-state index contributed by atoms with van der Waals surface area (Å²) in [6, 6.07) is 7.87. The molecule has 0 radical (unpaired) electrons. The predicted octanol–water partition coefficient (Wildman–Crippen LogP) is 3.02. The summed E-state index contributed by atoms with van der Waals surface area (Å²) in [5, 5.41) is 12.9. The maximum absolute atomic E-state index is 12.9. The standard InChI is InChI=1S/C13H12ClFN2O/c14-11-6-10(3-4-12(11)15)17-8-13(18)9-2-1-5-16-7-9/h1-7,13,17-18H,8H2. The lowest BCUT2D eigenvalue weighted by atomic mass is 10.1. The van der Waals surface area contributed by atoms with Crippen molar-refractivity contribution >= 4 is 17.3 Å². The van der Waals surface area contributed by atoms with E-state index in [1.54, 1.807) is 30.6 Å². The Morgan fingerprint density at radius 2 is 2.22 bits per heavy atom. The predicted molar refractivity (Wildman–Crippen MR) is 69.1 cm³/mol. The van der Waals surface area contributed by atoms with Gasteiger partial charge in [-0.2, -0.15) is 0 Å². The van der Waals surface area contributed by atoms with Crippen molar-refractivity contribution in [1.82, 2.24) is 4.98 Å². The van der Waals surface area contributed by atoms with Crippen molar-refractivity contribution in [3.8, 4) is 0 Å². The Bertz CT molecular complexity index is 522. The average molecular weight is 267 g/mol. The monoisotopic (exact) mass is 266 g/mol. The van der Waals surface area contributed by atoms with Crippen LogP contribution in [0, 0.1) is 5.82 Å². The zero-order chi connectivity index (χ0) is 13.0. The van der Waals surface area contributed by atoms with E-state index in [0.717, 1.165) is 5.56 Å². The van der Waals surface area contributed by atoms with Crippen LogP contribution in [0.5, 0.6) is 0 Å². The minimum absolute atomic E-state index is 0.0517. The topological polar surface area (TPSA) is 45.1 Å². The Hall–Kier alpha value is -1.65. The Kier molecular flexibility index (Phi) is 4.12. The fraction of sp³-hybridized carbons (Fsp3) is 0.154. The molecule has 0 aliphatic carbocycles. The van der Waals surface area contributed by atoms with Gasteiger partial charge in [0.25, 0.3) is 0 Å². The molecule has 1 heterocycles. The second-order valence-electron chi connectivity index (χ2n) is 3.81. The third-order valence-corrected chi connectivity index (χ3v) is 2.78. The minimum Gasteiger partial charge on any atom is -0.387 e. The van der Waals surface area contributed by atoms with E-state index in [9.17, 15) is 9.50 Å². The number of hydrogen-bond donors (Lipinski definition) is 2. The number of nitrogens with one attached hydrogen (secondary N) is 1. The number of aliphatic hydroxyl groups excluding tert-OH is 1. The van der Waals surface area contributed by atoms with Gasteiger partial charge in [0.2, 0.25) is 0 Å². The summed E-state index contributed by atoms with van der Waals surface area (Å²) >= 11 is 5.66. The van der Waals surface area contributed by atoms with Crippen molar-refractivity contribution in [2.45, 2.75) is 6.10 Å². The quantitative estimate of drug-likeness (QED) is 0.894. The molecule has 18 heavy (non-hydrogen) atoms. The van der Waals surface area contributed by atoms with E-state index in [1.807, 2.05) is 0 Å². The Balaban J connectivity index is 1.97. The fourth-order valence-electron chi connectivity index (χ4n) is 1.51. The van der Waals surface area contributed by atoms with Crippen LogP contribution in [0.15, 0.2) is 42.7 Å². The molecule has 0 saturated carbocycles.